The van der Waals surface area contributed by atoms with Crippen molar-refractivity contribution in [3.05, 3.63) is 66.2 Å². The van der Waals surface area contributed by atoms with E-state index in [1.54, 1.807) is 0 Å². The van der Waals surface area contributed by atoms with Gasteiger partial charge in [-0.2, -0.15) is 0 Å². The molecule has 0 unspecified atom stereocenters. The van der Waals surface area contributed by atoms with Crippen LogP contribution in [0.3, 0.4) is 0 Å². The van der Waals surface area contributed by atoms with E-state index in [0.29, 0.717) is 18.9 Å². The Balaban J connectivity index is 1.75. The molecule has 3 heteroatoms. The molecular weight excluding hydrogens is 284 g/mol. The molecule has 0 saturated carbocycles. The van der Waals surface area contributed by atoms with Gasteiger partial charge in [-0.05, 0) is 49.5 Å². The maximum atomic E-state index is 12.9. The molecule has 1 aliphatic rings. The molecule has 1 aliphatic heterocycles. The second-order valence-corrected chi connectivity index (χ2v) is 6.20. The fourth-order valence-electron chi connectivity index (χ4n) is 3.14. The molecule has 3 nitrogen and oxygen atoms in total. The summed E-state index contributed by atoms with van der Waals surface area (Å²) in [5, 5.41) is 3.36. The summed E-state index contributed by atoms with van der Waals surface area (Å²) in [7, 11) is 0. The first-order valence-corrected chi connectivity index (χ1v) is 8.43. The number of hydrogen-bond acceptors (Lipinski definition) is 2. The van der Waals surface area contributed by atoms with Crippen molar-refractivity contribution in [2.45, 2.75) is 25.8 Å². The van der Waals surface area contributed by atoms with Crippen LogP contribution in [0.4, 0.5) is 5.69 Å². The summed E-state index contributed by atoms with van der Waals surface area (Å²) >= 11 is 0. The number of carbonyl (C=O) groups is 1. The molecule has 120 valence electrons. The van der Waals surface area contributed by atoms with Gasteiger partial charge in [-0.3, -0.25) is 4.79 Å². The van der Waals surface area contributed by atoms with Crippen molar-refractivity contribution >= 4 is 11.6 Å². The van der Waals surface area contributed by atoms with Crippen LogP contribution in [-0.4, -0.2) is 19.0 Å². The van der Waals surface area contributed by atoms with Crippen molar-refractivity contribution in [3.8, 4) is 0 Å². The maximum absolute atomic E-state index is 12.9. The second kappa shape index (κ2) is 7.93. The lowest BCUT2D eigenvalue weighted by Crippen LogP contribution is -2.35. The van der Waals surface area contributed by atoms with Gasteiger partial charge in [0, 0.05) is 12.1 Å². The lowest BCUT2D eigenvalue weighted by molar-refractivity contribution is -0.119. The maximum Gasteiger partial charge on any atom is 0.227 e. The number of benzene rings is 2. The van der Waals surface area contributed by atoms with Gasteiger partial charge in [-0.15, -0.1) is 0 Å². The first kappa shape index (κ1) is 15.8. The van der Waals surface area contributed by atoms with Crippen LogP contribution < -0.4 is 10.2 Å². The number of amides is 1. The normalized spacial score (nSPS) is 15.3. The minimum absolute atomic E-state index is 0.229. The summed E-state index contributed by atoms with van der Waals surface area (Å²) < 4.78 is 0. The van der Waals surface area contributed by atoms with Gasteiger partial charge in [0.2, 0.25) is 5.91 Å². The van der Waals surface area contributed by atoms with Gasteiger partial charge in [-0.25, -0.2) is 0 Å². The number of carbonyl (C=O) groups excluding carboxylic acids is 1. The zero-order valence-electron chi connectivity index (χ0n) is 13.4. The van der Waals surface area contributed by atoms with Crippen LogP contribution in [0.1, 0.15) is 24.8 Å². The fraction of sp³-hybridized carbons (Fsp3) is 0.350. The summed E-state index contributed by atoms with van der Waals surface area (Å²) in [4.78, 5) is 14.8. The summed E-state index contributed by atoms with van der Waals surface area (Å²) in [5.41, 5.74) is 2.14. The van der Waals surface area contributed by atoms with Crippen molar-refractivity contribution < 1.29 is 4.79 Å². The van der Waals surface area contributed by atoms with Gasteiger partial charge in [0.1, 0.15) is 0 Å². The highest BCUT2D eigenvalue weighted by atomic mass is 16.2. The molecule has 3 rings (SSSR count). The highest BCUT2D eigenvalue weighted by molar-refractivity contribution is 5.93. The molecule has 1 fully saturated rings. The average Bonchev–Trinajstić information content (AvgIpc) is 2.62. The first-order chi connectivity index (χ1) is 11.3. The van der Waals surface area contributed by atoms with Gasteiger partial charge >= 0.3 is 0 Å². The fourth-order valence-corrected chi connectivity index (χ4v) is 3.14. The minimum atomic E-state index is 0.229. The Morgan fingerprint density at radius 1 is 0.957 bits per heavy atom. The molecule has 0 atom stereocenters. The van der Waals surface area contributed by atoms with Crippen LogP contribution in [0.15, 0.2) is 60.7 Å². The van der Waals surface area contributed by atoms with E-state index < -0.39 is 0 Å². The van der Waals surface area contributed by atoms with E-state index in [-0.39, 0.29) is 5.91 Å². The molecular formula is C20H24N2O. The Morgan fingerprint density at radius 2 is 1.57 bits per heavy atom. The van der Waals surface area contributed by atoms with Crippen LogP contribution in [0.25, 0.3) is 0 Å². The molecule has 0 bridgehead atoms. The van der Waals surface area contributed by atoms with Gasteiger partial charge in [0.15, 0.2) is 0 Å². The van der Waals surface area contributed by atoms with Crippen LogP contribution in [0, 0.1) is 5.92 Å². The highest BCUT2D eigenvalue weighted by Gasteiger charge is 2.22. The Hall–Kier alpha value is -2.13. The standard InChI is InChI=1S/C20H24N2O/c23-20(15-17-11-13-21-14-12-17)22(19-9-5-2-6-10-19)16-18-7-3-1-4-8-18/h1-10,17,21H,11-16H2. The van der Waals surface area contributed by atoms with Crippen molar-refractivity contribution in [2.24, 2.45) is 5.92 Å². The predicted molar refractivity (Wildman–Crippen MR) is 94.3 cm³/mol. The number of nitrogens with one attached hydrogen (secondary N) is 1. The van der Waals surface area contributed by atoms with E-state index in [4.69, 9.17) is 0 Å². The lowest BCUT2D eigenvalue weighted by atomic mass is 9.94. The Morgan fingerprint density at radius 3 is 2.22 bits per heavy atom. The smallest absolute Gasteiger partial charge is 0.227 e. The number of nitrogens with zero attached hydrogens (tertiary/aromatic N) is 1. The van der Waals surface area contributed by atoms with E-state index in [2.05, 4.69) is 17.4 Å². The average molecular weight is 308 g/mol. The molecule has 1 amide bonds. The third-order valence-corrected chi connectivity index (χ3v) is 4.47. The number of rotatable bonds is 5. The molecule has 1 heterocycles. The number of para-hydroxylation sites is 1. The molecule has 1 saturated heterocycles. The zero-order valence-corrected chi connectivity index (χ0v) is 13.4. The summed E-state index contributed by atoms with van der Waals surface area (Å²) in [6.07, 6.45) is 2.84. The lowest BCUT2D eigenvalue weighted by Gasteiger charge is -2.27. The van der Waals surface area contributed by atoms with Crippen molar-refractivity contribution in [2.75, 3.05) is 18.0 Å². The van der Waals surface area contributed by atoms with Gasteiger partial charge in [0.05, 0.1) is 6.54 Å². The Labute approximate surface area is 138 Å². The predicted octanol–water partition coefficient (Wildman–Crippen LogP) is 3.61. The van der Waals surface area contributed by atoms with E-state index in [1.165, 1.54) is 0 Å². The van der Waals surface area contributed by atoms with E-state index in [0.717, 1.165) is 37.2 Å². The van der Waals surface area contributed by atoms with E-state index >= 15 is 0 Å². The molecule has 23 heavy (non-hydrogen) atoms. The summed E-state index contributed by atoms with van der Waals surface area (Å²) in [6.45, 7) is 2.69. The van der Waals surface area contributed by atoms with Crippen LogP contribution in [-0.2, 0) is 11.3 Å². The minimum Gasteiger partial charge on any atom is -0.317 e. The molecule has 2 aromatic rings. The third-order valence-electron chi connectivity index (χ3n) is 4.47. The Kier molecular flexibility index (Phi) is 5.43. The van der Waals surface area contributed by atoms with Crippen LogP contribution in [0.2, 0.25) is 0 Å². The topological polar surface area (TPSA) is 32.3 Å². The summed E-state index contributed by atoms with van der Waals surface area (Å²) in [6, 6.07) is 20.2. The SMILES string of the molecule is O=C(CC1CCNCC1)N(Cc1ccccc1)c1ccccc1. The molecule has 0 aliphatic carbocycles. The molecule has 2 aromatic carbocycles. The number of piperidine rings is 1. The second-order valence-electron chi connectivity index (χ2n) is 6.20. The zero-order chi connectivity index (χ0) is 15.9. The van der Waals surface area contributed by atoms with Crippen molar-refractivity contribution in [1.82, 2.24) is 5.32 Å². The van der Waals surface area contributed by atoms with Gasteiger partial charge < -0.3 is 10.2 Å². The van der Waals surface area contributed by atoms with Crippen LogP contribution in [0.5, 0.6) is 0 Å². The first-order valence-electron chi connectivity index (χ1n) is 8.43. The molecule has 0 radical (unpaired) electrons. The quantitative estimate of drug-likeness (QED) is 0.915. The van der Waals surface area contributed by atoms with E-state index in [9.17, 15) is 4.79 Å². The third kappa shape index (κ3) is 4.42. The molecule has 1 N–H and O–H groups in total. The van der Waals surface area contributed by atoms with Crippen molar-refractivity contribution in [1.29, 1.82) is 0 Å². The summed E-state index contributed by atoms with van der Waals surface area (Å²) in [5.74, 6) is 0.734. The molecule has 0 aromatic heterocycles. The highest BCUT2D eigenvalue weighted by Crippen LogP contribution is 2.22. The monoisotopic (exact) mass is 308 g/mol. The van der Waals surface area contributed by atoms with Crippen molar-refractivity contribution in [3.63, 3.8) is 0 Å². The van der Waals surface area contributed by atoms with Gasteiger partial charge in [0.25, 0.3) is 0 Å². The number of anilines is 1. The number of hydrogen-bond donors (Lipinski definition) is 1. The van der Waals surface area contributed by atoms with Gasteiger partial charge in [-0.1, -0.05) is 48.5 Å². The molecule has 0 spiro atoms. The Bertz CT molecular complexity index is 606. The van der Waals surface area contributed by atoms with E-state index in [1.807, 2.05) is 53.4 Å². The largest absolute Gasteiger partial charge is 0.317 e. The van der Waals surface area contributed by atoms with Crippen LogP contribution >= 0.6 is 0 Å².